The Morgan fingerprint density at radius 1 is 1.47 bits per heavy atom. The molecule has 0 unspecified atom stereocenters. The number of hydrogen-bond donors (Lipinski definition) is 2. The van der Waals surface area contributed by atoms with Gasteiger partial charge in [0.15, 0.2) is 0 Å². The fourth-order valence-corrected chi connectivity index (χ4v) is 2.39. The second kappa shape index (κ2) is 5.37. The number of aromatic nitrogens is 3. The average molecular weight is 256 g/mol. The number of rotatable bonds is 3. The molecule has 3 N–H and O–H groups in total. The van der Waals surface area contributed by atoms with Crippen molar-refractivity contribution in [2.24, 2.45) is 0 Å². The van der Waals surface area contributed by atoms with E-state index in [2.05, 4.69) is 15.5 Å². The first-order valence-electron chi connectivity index (χ1n) is 5.47. The molecule has 0 bridgehead atoms. The lowest BCUT2D eigenvalue weighted by Crippen LogP contribution is -2.47. The highest BCUT2D eigenvalue weighted by atomic mass is 32.2. The lowest BCUT2D eigenvalue weighted by atomic mass is 10.3. The van der Waals surface area contributed by atoms with E-state index in [1.54, 1.807) is 6.92 Å². The normalized spacial score (nSPS) is 16.2. The van der Waals surface area contributed by atoms with Crippen molar-refractivity contribution in [3.63, 3.8) is 0 Å². The van der Waals surface area contributed by atoms with Gasteiger partial charge in [-0.3, -0.25) is 4.79 Å². The summed E-state index contributed by atoms with van der Waals surface area (Å²) in [5, 5.41) is 11.5. The number of nitrogen functional groups attached to an aromatic ring is 1. The van der Waals surface area contributed by atoms with E-state index in [1.807, 2.05) is 4.90 Å². The van der Waals surface area contributed by atoms with Gasteiger partial charge in [-0.05, 0) is 6.92 Å². The summed E-state index contributed by atoms with van der Waals surface area (Å²) in [5.41, 5.74) is 0. The fourth-order valence-electron chi connectivity index (χ4n) is 1.58. The number of carbonyl (C=O) groups is 1. The third-order valence-corrected chi connectivity index (χ3v) is 3.56. The molecule has 1 saturated heterocycles. The number of nitrogens with two attached hydrogens (primary N) is 1. The zero-order valence-corrected chi connectivity index (χ0v) is 10.5. The van der Waals surface area contributed by atoms with Crippen LogP contribution in [0.4, 0.5) is 0 Å². The Morgan fingerprint density at radius 3 is 2.76 bits per heavy atom. The molecule has 1 aliphatic heterocycles. The number of hydrogen-bond acceptors (Lipinski definition) is 6. The van der Waals surface area contributed by atoms with Crippen LogP contribution in [0.15, 0.2) is 5.16 Å². The standard InChI is InChI=1S/C9H16N6OS/c1-7-12-13-9(15(7)10)17-6-8(16)14-4-2-11-3-5-14/h11H,2-6,10H2,1H3. The van der Waals surface area contributed by atoms with E-state index in [1.165, 1.54) is 16.4 Å². The molecule has 0 atom stereocenters. The van der Waals surface area contributed by atoms with Crippen LogP contribution in [0.2, 0.25) is 0 Å². The molecule has 0 saturated carbocycles. The first kappa shape index (κ1) is 12.2. The van der Waals surface area contributed by atoms with Crippen LogP contribution in [0.1, 0.15) is 5.82 Å². The minimum absolute atomic E-state index is 0.122. The highest BCUT2D eigenvalue weighted by Gasteiger charge is 2.17. The number of carbonyl (C=O) groups excluding carboxylic acids is 1. The van der Waals surface area contributed by atoms with Gasteiger partial charge in [-0.25, -0.2) is 4.68 Å². The molecule has 1 amide bonds. The van der Waals surface area contributed by atoms with Crippen molar-refractivity contribution in [1.29, 1.82) is 0 Å². The topological polar surface area (TPSA) is 89.1 Å². The van der Waals surface area contributed by atoms with E-state index >= 15 is 0 Å². The third-order valence-electron chi connectivity index (χ3n) is 2.63. The van der Waals surface area contributed by atoms with Crippen LogP contribution in [0, 0.1) is 6.92 Å². The van der Waals surface area contributed by atoms with E-state index in [0.29, 0.717) is 16.7 Å². The predicted octanol–water partition coefficient (Wildman–Crippen LogP) is -1.18. The molecule has 0 aromatic carbocycles. The monoisotopic (exact) mass is 256 g/mol. The van der Waals surface area contributed by atoms with Crippen molar-refractivity contribution in [1.82, 2.24) is 25.1 Å². The smallest absolute Gasteiger partial charge is 0.233 e. The van der Waals surface area contributed by atoms with Crippen molar-refractivity contribution in [3.8, 4) is 0 Å². The van der Waals surface area contributed by atoms with E-state index in [4.69, 9.17) is 5.84 Å². The van der Waals surface area contributed by atoms with Gasteiger partial charge < -0.3 is 16.1 Å². The van der Waals surface area contributed by atoms with Crippen molar-refractivity contribution >= 4 is 17.7 Å². The second-order valence-electron chi connectivity index (χ2n) is 3.82. The van der Waals surface area contributed by atoms with Gasteiger partial charge in [-0.2, -0.15) is 0 Å². The zero-order valence-electron chi connectivity index (χ0n) is 9.72. The molecule has 8 heteroatoms. The number of piperazine rings is 1. The molecule has 1 aromatic heterocycles. The summed E-state index contributed by atoms with van der Waals surface area (Å²) >= 11 is 1.32. The van der Waals surface area contributed by atoms with Crippen molar-refractivity contribution < 1.29 is 4.79 Å². The minimum Gasteiger partial charge on any atom is -0.339 e. The van der Waals surface area contributed by atoms with Crippen molar-refractivity contribution in [2.75, 3.05) is 37.8 Å². The van der Waals surface area contributed by atoms with Crippen LogP contribution in [0.5, 0.6) is 0 Å². The van der Waals surface area contributed by atoms with Crippen LogP contribution in [0.25, 0.3) is 0 Å². The molecule has 2 heterocycles. The third kappa shape index (κ3) is 2.89. The summed E-state index contributed by atoms with van der Waals surface area (Å²) in [6.45, 7) is 5.04. The first-order chi connectivity index (χ1) is 8.18. The van der Waals surface area contributed by atoms with E-state index in [9.17, 15) is 4.79 Å². The summed E-state index contributed by atoms with van der Waals surface area (Å²) in [6, 6.07) is 0. The summed E-state index contributed by atoms with van der Waals surface area (Å²) in [5.74, 6) is 6.82. The van der Waals surface area contributed by atoms with E-state index in [-0.39, 0.29) is 5.91 Å². The Labute approximate surface area is 104 Å². The summed E-state index contributed by atoms with van der Waals surface area (Å²) in [4.78, 5) is 13.7. The minimum atomic E-state index is 0.122. The highest BCUT2D eigenvalue weighted by Crippen LogP contribution is 2.14. The van der Waals surface area contributed by atoms with Crippen LogP contribution in [0.3, 0.4) is 0 Å². The molecule has 7 nitrogen and oxygen atoms in total. The Hall–Kier alpha value is -1.28. The number of nitrogens with zero attached hydrogens (tertiary/aromatic N) is 4. The molecule has 2 rings (SSSR count). The lowest BCUT2D eigenvalue weighted by molar-refractivity contribution is -0.128. The first-order valence-corrected chi connectivity index (χ1v) is 6.45. The molecule has 94 valence electrons. The van der Waals surface area contributed by atoms with Crippen molar-refractivity contribution in [2.45, 2.75) is 12.1 Å². The second-order valence-corrected chi connectivity index (χ2v) is 4.76. The van der Waals surface area contributed by atoms with Crippen LogP contribution < -0.4 is 11.2 Å². The van der Waals surface area contributed by atoms with Crippen molar-refractivity contribution in [3.05, 3.63) is 5.82 Å². The molecule has 1 fully saturated rings. The van der Waals surface area contributed by atoms with Crippen LogP contribution >= 0.6 is 11.8 Å². The number of amides is 1. The van der Waals surface area contributed by atoms with Gasteiger partial charge in [0.25, 0.3) is 0 Å². The van der Waals surface area contributed by atoms with Gasteiger partial charge in [-0.15, -0.1) is 10.2 Å². The predicted molar refractivity (Wildman–Crippen MR) is 65.1 cm³/mol. The van der Waals surface area contributed by atoms with E-state index in [0.717, 1.165) is 26.2 Å². The molecule has 0 radical (unpaired) electrons. The molecule has 0 spiro atoms. The van der Waals surface area contributed by atoms with E-state index < -0.39 is 0 Å². The summed E-state index contributed by atoms with van der Waals surface area (Å²) in [6.07, 6.45) is 0. The van der Waals surface area contributed by atoms with Gasteiger partial charge in [0, 0.05) is 26.2 Å². The van der Waals surface area contributed by atoms with Crippen LogP contribution in [-0.2, 0) is 4.79 Å². The fraction of sp³-hybridized carbons (Fsp3) is 0.667. The number of aryl methyl sites for hydroxylation is 1. The Balaban J connectivity index is 1.85. The average Bonchev–Trinajstić information content (AvgIpc) is 2.68. The molecule has 1 aromatic rings. The Morgan fingerprint density at radius 2 is 2.18 bits per heavy atom. The lowest BCUT2D eigenvalue weighted by Gasteiger charge is -2.27. The number of nitrogens with one attached hydrogen (secondary N) is 1. The van der Waals surface area contributed by atoms with Gasteiger partial charge in [0.05, 0.1) is 5.75 Å². The molecule has 17 heavy (non-hydrogen) atoms. The Kier molecular flexibility index (Phi) is 3.85. The number of thioether (sulfide) groups is 1. The SMILES string of the molecule is Cc1nnc(SCC(=O)N2CCNCC2)n1N. The van der Waals surface area contributed by atoms with Gasteiger partial charge >= 0.3 is 0 Å². The maximum atomic E-state index is 11.9. The zero-order chi connectivity index (χ0) is 12.3. The Bertz CT molecular complexity index is 400. The van der Waals surface area contributed by atoms with Gasteiger partial charge in [0.1, 0.15) is 5.82 Å². The maximum Gasteiger partial charge on any atom is 0.233 e. The maximum absolute atomic E-state index is 11.9. The largest absolute Gasteiger partial charge is 0.339 e. The molecular weight excluding hydrogens is 240 g/mol. The molecule has 0 aliphatic carbocycles. The quantitative estimate of drug-likeness (QED) is 0.523. The summed E-state index contributed by atoms with van der Waals surface area (Å²) in [7, 11) is 0. The highest BCUT2D eigenvalue weighted by molar-refractivity contribution is 7.99. The summed E-state index contributed by atoms with van der Waals surface area (Å²) < 4.78 is 1.40. The molecule has 1 aliphatic rings. The van der Waals surface area contributed by atoms with Gasteiger partial charge in [-0.1, -0.05) is 11.8 Å². The van der Waals surface area contributed by atoms with Gasteiger partial charge in [0.2, 0.25) is 11.1 Å². The van der Waals surface area contributed by atoms with Crippen LogP contribution in [-0.4, -0.2) is 57.6 Å². The molecular formula is C9H16N6OS.